The summed E-state index contributed by atoms with van der Waals surface area (Å²) in [7, 11) is 1.54. The molecule has 0 unspecified atom stereocenters. The van der Waals surface area contributed by atoms with Crippen molar-refractivity contribution in [3.8, 4) is 0 Å². The molecule has 3 N–H and O–H groups in total. The summed E-state index contributed by atoms with van der Waals surface area (Å²) < 4.78 is 5.16. The van der Waals surface area contributed by atoms with Crippen molar-refractivity contribution < 1.29 is 19.1 Å². The molecule has 180 valence electrons. The fourth-order valence-electron chi connectivity index (χ4n) is 6.43. The predicted octanol–water partition coefficient (Wildman–Crippen LogP) is 2.39. The van der Waals surface area contributed by atoms with Crippen LogP contribution in [0.2, 0.25) is 0 Å². The summed E-state index contributed by atoms with van der Waals surface area (Å²) in [5, 5.41) is 7.64. The van der Waals surface area contributed by atoms with Gasteiger partial charge in [0.1, 0.15) is 5.54 Å². The van der Waals surface area contributed by atoms with E-state index in [1.54, 1.807) is 7.11 Å². The zero-order chi connectivity index (χ0) is 24.5. The molecule has 3 aromatic rings. The van der Waals surface area contributed by atoms with E-state index in [1.807, 2.05) is 56.4 Å². The number of para-hydroxylation sites is 1. The van der Waals surface area contributed by atoms with Gasteiger partial charge in [-0.05, 0) is 37.5 Å². The van der Waals surface area contributed by atoms with Crippen LogP contribution in [0.25, 0.3) is 10.9 Å². The lowest BCUT2D eigenvalue weighted by Crippen LogP contribution is -2.53. The molecular weight excluding hydrogens is 444 g/mol. The SMILES string of the molecule is COCCN1C(=O)[C@H]2[C@@H](C1=O)[C@]1(N[C@@H]2Cc2c[nH]c3ccccc23)C(=O)Nc2c(C)cc(C)cc21. The number of likely N-dealkylation sites (tertiary alicyclic amines) is 1. The highest BCUT2D eigenvalue weighted by atomic mass is 16.5. The molecule has 3 aliphatic heterocycles. The van der Waals surface area contributed by atoms with Gasteiger partial charge >= 0.3 is 0 Å². The van der Waals surface area contributed by atoms with Crippen LogP contribution in [0.15, 0.2) is 42.6 Å². The number of nitrogens with zero attached hydrogens (tertiary/aromatic N) is 1. The van der Waals surface area contributed by atoms with E-state index < -0.39 is 17.4 Å². The van der Waals surface area contributed by atoms with Gasteiger partial charge in [-0.1, -0.05) is 35.9 Å². The summed E-state index contributed by atoms with van der Waals surface area (Å²) in [5.74, 6) is -2.28. The average Bonchev–Trinajstić information content (AvgIpc) is 3.53. The molecule has 8 heteroatoms. The van der Waals surface area contributed by atoms with Crippen LogP contribution in [0.1, 0.15) is 22.3 Å². The number of anilines is 1. The number of aromatic nitrogens is 1. The molecule has 2 fully saturated rings. The zero-order valence-corrected chi connectivity index (χ0v) is 20.0. The van der Waals surface area contributed by atoms with Gasteiger partial charge in [-0.3, -0.25) is 24.6 Å². The van der Waals surface area contributed by atoms with Gasteiger partial charge in [-0.2, -0.15) is 0 Å². The molecule has 2 saturated heterocycles. The first-order valence-electron chi connectivity index (χ1n) is 12.0. The molecule has 0 saturated carbocycles. The van der Waals surface area contributed by atoms with E-state index in [0.29, 0.717) is 6.42 Å². The number of rotatable bonds is 5. The van der Waals surface area contributed by atoms with Crippen LogP contribution in [0.4, 0.5) is 5.69 Å². The summed E-state index contributed by atoms with van der Waals surface area (Å²) in [5.41, 5.74) is 4.20. The van der Waals surface area contributed by atoms with E-state index in [0.717, 1.165) is 38.8 Å². The van der Waals surface area contributed by atoms with E-state index in [9.17, 15) is 14.4 Å². The van der Waals surface area contributed by atoms with Gasteiger partial charge in [0.05, 0.1) is 25.0 Å². The van der Waals surface area contributed by atoms with Gasteiger partial charge in [0.25, 0.3) is 0 Å². The minimum atomic E-state index is -1.29. The highest BCUT2D eigenvalue weighted by Crippen LogP contribution is 2.54. The number of nitrogens with one attached hydrogen (secondary N) is 3. The minimum Gasteiger partial charge on any atom is -0.383 e. The van der Waals surface area contributed by atoms with Crippen LogP contribution in [0, 0.1) is 25.7 Å². The number of aryl methyl sites for hydroxylation is 2. The lowest BCUT2D eigenvalue weighted by Gasteiger charge is -2.29. The zero-order valence-electron chi connectivity index (χ0n) is 20.0. The van der Waals surface area contributed by atoms with Gasteiger partial charge in [0.15, 0.2) is 0 Å². The van der Waals surface area contributed by atoms with Crippen molar-refractivity contribution in [2.75, 3.05) is 25.6 Å². The van der Waals surface area contributed by atoms with Crippen molar-refractivity contribution in [1.82, 2.24) is 15.2 Å². The second-order valence-electron chi connectivity index (χ2n) is 9.91. The second-order valence-corrected chi connectivity index (χ2v) is 9.91. The van der Waals surface area contributed by atoms with Crippen molar-refractivity contribution in [1.29, 1.82) is 0 Å². The number of aromatic amines is 1. The molecular formula is C27H28N4O4. The van der Waals surface area contributed by atoms with Crippen LogP contribution in [-0.4, -0.2) is 53.9 Å². The lowest BCUT2D eigenvalue weighted by molar-refractivity contribution is -0.143. The maximum absolute atomic E-state index is 13.8. The third-order valence-corrected chi connectivity index (χ3v) is 7.89. The van der Waals surface area contributed by atoms with Gasteiger partial charge in [0.2, 0.25) is 17.7 Å². The van der Waals surface area contributed by atoms with Crippen LogP contribution < -0.4 is 10.6 Å². The highest BCUT2D eigenvalue weighted by molar-refractivity contribution is 6.15. The smallest absolute Gasteiger partial charge is 0.250 e. The fourth-order valence-corrected chi connectivity index (χ4v) is 6.43. The minimum absolute atomic E-state index is 0.179. The third-order valence-electron chi connectivity index (χ3n) is 7.89. The molecule has 3 amide bonds. The van der Waals surface area contributed by atoms with Crippen molar-refractivity contribution in [3.05, 3.63) is 64.8 Å². The van der Waals surface area contributed by atoms with Crippen LogP contribution in [0.5, 0.6) is 0 Å². The second kappa shape index (κ2) is 7.76. The summed E-state index contributed by atoms with van der Waals surface area (Å²) in [6, 6.07) is 11.6. The maximum Gasteiger partial charge on any atom is 0.250 e. The Kier molecular flexibility index (Phi) is 4.88. The van der Waals surface area contributed by atoms with E-state index >= 15 is 0 Å². The van der Waals surface area contributed by atoms with Crippen LogP contribution >= 0.6 is 0 Å². The standard InChI is InChI=1S/C27H28N4O4/c1-14-10-15(2)23-18(11-14)27(26(34)29-23)22-21(24(32)31(25(22)33)8-9-35-3)20(30-27)12-16-13-28-19-7-5-4-6-17(16)19/h4-7,10-11,13,20-22,28,30H,8-9,12H2,1-3H3,(H,29,34)/t20-,21-,22+,27+/m1/s1. The summed E-state index contributed by atoms with van der Waals surface area (Å²) >= 11 is 0. The Morgan fingerprint density at radius 1 is 1.09 bits per heavy atom. The molecule has 3 aliphatic rings. The number of methoxy groups -OCH3 is 1. The van der Waals surface area contributed by atoms with Crippen molar-refractivity contribution in [2.24, 2.45) is 11.8 Å². The number of H-pyrrole nitrogens is 1. The van der Waals surface area contributed by atoms with Crippen LogP contribution in [0.3, 0.4) is 0 Å². The van der Waals surface area contributed by atoms with E-state index in [1.165, 1.54) is 4.90 Å². The maximum atomic E-state index is 13.8. The quantitative estimate of drug-likeness (QED) is 0.495. The largest absolute Gasteiger partial charge is 0.383 e. The average molecular weight is 473 g/mol. The number of imide groups is 1. The normalized spacial score (nSPS) is 27.2. The van der Waals surface area contributed by atoms with Crippen molar-refractivity contribution >= 4 is 34.3 Å². The highest BCUT2D eigenvalue weighted by Gasteiger charge is 2.70. The molecule has 1 aromatic heterocycles. The molecule has 35 heavy (non-hydrogen) atoms. The summed E-state index contributed by atoms with van der Waals surface area (Å²) in [4.78, 5) is 45.7. The van der Waals surface area contributed by atoms with Crippen molar-refractivity contribution in [2.45, 2.75) is 31.8 Å². The fraction of sp³-hybridized carbons (Fsp3) is 0.370. The van der Waals surface area contributed by atoms with Crippen LogP contribution in [-0.2, 0) is 31.1 Å². The van der Waals surface area contributed by atoms with E-state index in [-0.39, 0.29) is 36.9 Å². The number of hydrogen-bond donors (Lipinski definition) is 3. The Hall–Kier alpha value is -3.49. The predicted molar refractivity (Wildman–Crippen MR) is 131 cm³/mol. The molecule has 4 heterocycles. The molecule has 6 rings (SSSR count). The van der Waals surface area contributed by atoms with Gasteiger partial charge in [-0.15, -0.1) is 0 Å². The lowest BCUT2D eigenvalue weighted by atomic mass is 9.75. The van der Waals surface area contributed by atoms with E-state index in [2.05, 4.69) is 15.6 Å². The number of ether oxygens (including phenoxy) is 1. The number of hydrogen-bond acceptors (Lipinski definition) is 5. The first kappa shape index (κ1) is 22.0. The van der Waals surface area contributed by atoms with Gasteiger partial charge in [-0.25, -0.2) is 0 Å². The summed E-state index contributed by atoms with van der Waals surface area (Å²) in [6.07, 6.45) is 2.46. The Bertz CT molecular complexity index is 1400. The van der Waals surface area contributed by atoms with Gasteiger partial charge < -0.3 is 15.0 Å². The molecule has 4 atom stereocenters. The Morgan fingerprint density at radius 3 is 2.69 bits per heavy atom. The first-order chi connectivity index (χ1) is 16.9. The Balaban J connectivity index is 1.49. The number of carbonyl (C=O) groups is 3. The van der Waals surface area contributed by atoms with Crippen molar-refractivity contribution in [3.63, 3.8) is 0 Å². The number of carbonyl (C=O) groups excluding carboxylic acids is 3. The van der Waals surface area contributed by atoms with Gasteiger partial charge in [0, 0.05) is 41.5 Å². The Labute approximate surface area is 203 Å². The summed E-state index contributed by atoms with van der Waals surface area (Å²) in [6.45, 7) is 4.36. The third kappa shape index (κ3) is 2.96. The molecule has 8 nitrogen and oxygen atoms in total. The molecule has 0 bridgehead atoms. The van der Waals surface area contributed by atoms with E-state index in [4.69, 9.17) is 4.74 Å². The molecule has 2 aromatic carbocycles. The first-order valence-corrected chi connectivity index (χ1v) is 12.0. The molecule has 1 spiro atoms. The Morgan fingerprint density at radius 2 is 1.89 bits per heavy atom. The number of amides is 3. The molecule has 0 aliphatic carbocycles. The monoisotopic (exact) mass is 472 g/mol. The number of benzene rings is 2. The molecule has 0 radical (unpaired) electrons. The topological polar surface area (TPSA) is 104 Å². The number of fused-ring (bicyclic) bond motifs is 5.